The van der Waals surface area contributed by atoms with Crippen LogP contribution in [0.25, 0.3) is 0 Å². The Kier molecular flexibility index (Phi) is 7.39. The van der Waals surface area contributed by atoms with Gasteiger partial charge in [-0.25, -0.2) is 4.79 Å². The molecule has 0 spiro atoms. The van der Waals surface area contributed by atoms with Crippen LogP contribution in [-0.4, -0.2) is 60.8 Å². The van der Waals surface area contributed by atoms with Crippen LogP contribution in [0.5, 0.6) is 0 Å². The van der Waals surface area contributed by atoms with Crippen LogP contribution < -0.4 is 5.32 Å². The van der Waals surface area contributed by atoms with Gasteiger partial charge in [-0.05, 0) is 32.8 Å². The standard InChI is InChI=1S/C20H28N2O6/c1-20(2,3)28-19(25)21-15-10-16(18(24)26-4)22(11-15)12-17(23)27-13-14-8-6-5-7-9-14/h5-9,15-16H,10-13H2,1-4H3,(H,21,25)/t15-,16?/m1/s1. The Bertz CT molecular complexity index is 686. The zero-order valence-corrected chi connectivity index (χ0v) is 16.8. The number of carbonyl (C=O) groups excluding carboxylic acids is 3. The second-order valence-corrected chi connectivity index (χ2v) is 7.69. The molecule has 154 valence electrons. The molecule has 0 saturated carbocycles. The van der Waals surface area contributed by atoms with Crippen molar-refractivity contribution in [3.63, 3.8) is 0 Å². The summed E-state index contributed by atoms with van der Waals surface area (Å²) in [7, 11) is 1.29. The molecule has 1 heterocycles. The van der Waals surface area contributed by atoms with Gasteiger partial charge in [-0.3, -0.25) is 14.5 Å². The lowest BCUT2D eigenvalue weighted by Crippen LogP contribution is -2.42. The van der Waals surface area contributed by atoms with Crippen molar-refractivity contribution in [3.05, 3.63) is 35.9 Å². The number of carbonyl (C=O) groups is 3. The van der Waals surface area contributed by atoms with Crippen LogP contribution in [0.15, 0.2) is 30.3 Å². The molecule has 1 saturated heterocycles. The van der Waals surface area contributed by atoms with E-state index in [2.05, 4.69) is 5.32 Å². The zero-order chi connectivity index (χ0) is 20.7. The molecule has 0 aromatic heterocycles. The minimum Gasteiger partial charge on any atom is -0.468 e. The predicted octanol–water partition coefficient (Wildman–Crippen LogP) is 1.87. The lowest BCUT2D eigenvalue weighted by molar-refractivity contribution is -0.150. The molecule has 8 heteroatoms. The highest BCUT2D eigenvalue weighted by Crippen LogP contribution is 2.20. The third kappa shape index (κ3) is 6.84. The molecule has 28 heavy (non-hydrogen) atoms. The maximum absolute atomic E-state index is 12.2. The Morgan fingerprint density at radius 2 is 1.86 bits per heavy atom. The fourth-order valence-corrected chi connectivity index (χ4v) is 2.99. The molecule has 1 aliphatic rings. The van der Waals surface area contributed by atoms with Crippen molar-refractivity contribution in [2.45, 2.75) is 51.5 Å². The fraction of sp³-hybridized carbons (Fsp3) is 0.550. The van der Waals surface area contributed by atoms with Gasteiger partial charge in [0.05, 0.1) is 13.7 Å². The van der Waals surface area contributed by atoms with Crippen molar-refractivity contribution in [2.75, 3.05) is 20.2 Å². The third-order valence-electron chi connectivity index (χ3n) is 4.17. The first-order chi connectivity index (χ1) is 13.2. The number of ether oxygens (including phenoxy) is 3. The minimum absolute atomic E-state index is 0.0703. The van der Waals surface area contributed by atoms with Crippen molar-refractivity contribution in [3.8, 4) is 0 Å². The molecule has 1 fully saturated rings. The normalized spacial score (nSPS) is 19.7. The van der Waals surface area contributed by atoms with Crippen molar-refractivity contribution in [1.29, 1.82) is 0 Å². The molecular formula is C20H28N2O6. The van der Waals surface area contributed by atoms with Gasteiger partial charge in [0.25, 0.3) is 0 Å². The van der Waals surface area contributed by atoms with Gasteiger partial charge in [-0.1, -0.05) is 30.3 Å². The topological polar surface area (TPSA) is 94.2 Å². The van der Waals surface area contributed by atoms with E-state index in [1.807, 2.05) is 30.3 Å². The second-order valence-electron chi connectivity index (χ2n) is 7.69. The molecule has 8 nitrogen and oxygen atoms in total. The first-order valence-corrected chi connectivity index (χ1v) is 9.19. The van der Waals surface area contributed by atoms with Gasteiger partial charge < -0.3 is 19.5 Å². The SMILES string of the molecule is COC(=O)C1C[C@@H](NC(=O)OC(C)(C)C)CN1CC(=O)OCc1ccccc1. The van der Waals surface area contributed by atoms with Crippen molar-refractivity contribution >= 4 is 18.0 Å². The van der Waals surface area contributed by atoms with Gasteiger partial charge in [0.2, 0.25) is 0 Å². The molecule has 2 rings (SSSR count). The van der Waals surface area contributed by atoms with E-state index in [1.54, 1.807) is 25.7 Å². The molecule has 2 atom stereocenters. The number of alkyl carbamates (subject to hydrolysis) is 1. The molecular weight excluding hydrogens is 364 g/mol. The van der Waals surface area contributed by atoms with Gasteiger partial charge in [0.1, 0.15) is 18.2 Å². The maximum Gasteiger partial charge on any atom is 0.407 e. The maximum atomic E-state index is 12.2. The summed E-state index contributed by atoms with van der Waals surface area (Å²) < 4.78 is 15.4. The second kappa shape index (κ2) is 9.54. The molecule has 1 aromatic carbocycles. The summed E-state index contributed by atoms with van der Waals surface area (Å²) in [4.78, 5) is 37.9. The van der Waals surface area contributed by atoms with E-state index in [0.29, 0.717) is 13.0 Å². The number of nitrogens with zero attached hydrogens (tertiary/aromatic N) is 1. The lowest BCUT2D eigenvalue weighted by atomic mass is 10.1. The van der Waals surface area contributed by atoms with Crippen LogP contribution in [0.1, 0.15) is 32.8 Å². The molecule has 1 unspecified atom stereocenters. The summed E-state index contributed by atoms with van der Waals surface area (Å²) in [6, 6.07) is 8.37. The predicted molar refractivity (Wildman–Crippen MR) is 101 cm³/mol. The number of likely N-dealkylation sites (tertiary alicyclic amines) is 1. The highest BCUT2D eigenvalue weighted by Gasteiger charge is 2.39. The van der Waals surface area contributed by atoms with Gasteiger partial charge in [-0.15, -0.1) is 0 Å². The van der Waals surface area contributed by atoms with Crippen LogP contribution >= 0.6 is 0 Å². The quantitative estimate of drug-likeness (QED) is 0.583. The Balaban J connectivity index is 1.91. The summed E-state index contributed by atoms with van der Waals surface area (Å²) in [5.41, 5.74) is 0.261. The number of amides is 1. The zero-order valence-electron chi connectivity index (χ0n) is 16.8. The summed E-state index contributed by atoms with van der Waals surface area (Å²) in [5, 5.41) is 2.74. The van der Waals surface area contributed by atoms with E-state index in [-0.39, 0.29) is 19.2 Å². The number of rotatable bonds is 6. The summed E-state index contributed by atoms with van der Waals surface area (Å²) in [6.45, 7) is 5.73. The van der Waals surface area contributed by atoms with E-state index in [0.717, 1.165) is 5.56 Å². The number of nitrogens with one attached hydrogen (secondary N) is 1. The molecule has 1 aromatic rings. The van der Waals surface area contributed by atoms with E-state index in [1.165, 1.54) is 7.11 Å². The fourth-order valence-electron chi connectivity index (χ4n) is 2.99. The van der Waals surface area contributed by atoms with Gasteiger partial charge in [0, 0.05) is 12.6 Å². The number of hydrogen-bond donors (Lipinski definition) is 1. The summed E-state index contributed by atoms with van der Waals surface area (Å²) in [6.07, 6.45) is -0.229. The van der Waals surface area contributed by atoms with Crippen molar-refractivity contribution in [2.24, 2.45) is 0 Å². The van der Waals surface area contributed by atoms with E-state index < -0.39 is 29.7 Å². The largest absolute Gasteiger partial charge is 0.468 e. The summed E-state index contributed by atoms with van der Waals surface area (Å²) in [5.74, 6) is -0.903. The summed E-state index contributed by atoms with van der Waals surface area (Å²) >= 11 is 0. The van der Waals surface area contributed by atoms with Gasteiger partial charge in [0.15, 0.2) is 0 Å². The third-order valence-corrected chi connectivity index (χ3v) is 4.17. The first-order valence-electron chi connectivity index (χ1n) is 9.19. The highest BCUT2D eigenvalue weighted by molar-refractivity contribution is 5.78. The molecule has 1 amide bonds. The average molecular weight is 392 g/mol. The molecule has 1 N–H and O–H groups in total. The van der Waals surface area contributed by atoms with Crippen molar-refractivity contribution < 1.29 is 28.6 Å². The minimum atomic E-state index is -0.630. The lowest BCUT2D eigenvalue weighted by Gasteiger charge is -2.22. The van der Waals surface area contributed by atoms with E-state index in [9.17, 15) is 14.4 Å². The van der Waals surface area contributed by atoms with E-state index >= 15 is 0 Å². The van der Waals surface area contributed by atoms with Crippen LogP contribution in [0, 0.1) is 0 Å². The molecule has 0 radical (unpaired) electrons. The number of hydrogen-bond acceptors (Lipinski definition) is 7. The molecule has 1 aliphatic heterocycles. The van der Waals surface area contributed by atoms with E-state index in [4.69, 9.17) is 14.2 Å². The van der Waals surface area contributed by atoms with Gasteiger partial charge in [-0.2, -0.15) is 0 Å². The highest BCUT2D eigenvalue weighted by atomic mass is 16.6. The van der Waals surface area contributed by atoms with Crippen LogP contribution in [0.2, 0.25) is 0 Å². The number of benzene rings is 1. The Morgan fingerprint density at radius 1 is 1.18 bits per heavy atom. The van der Waals surface area contributed by atoms with Crippen LogP contribution in [0.4, 0.5) is 4.79 Å². The Hall–Kier alpha value is -2.61. The average Bonchev–Trinajstić information content (AvgIpc) is 3.00. The number of methoxy groups -OCH3 is 1. The Labute approximate surface area is 165 Å². The van der Waals surface area contributed by atoms with Crippen LogP contribution in [-0.2, 0) is 30.4 Å². The van der Waals surface area contributed by atoms with Crippen molar-refractivity contribution in [1.82, 2.24) is 10.2 Å². The van der Waals surface area contributed by atoms with Crippen LogP contribution in [0.3, 0.4) is 0 Å². The molecule has 0 aliphatic carbocycles. The number of esters is 2. The monoisotopic (exact) mass is 392 g/mol. The molecule has 0 bridgehead atoms. The van der Waals surface area contributed by atoms with Gasteiger partial charge >= 0.3 is 18.0 Å². The smallest absolute Gasteiger partial charge is 0.407 e. The first kappa shape index (κ1) is 21.7. The Morgan fingerprint density at radius 3 is 2.46 bits per heavy atom.